The average molecular weight is 583 g/mol. The van der Waals surface area contributed by atoms with E-state index in [9.17, 15) is 14.4 Å². The lowest BCUT2D eigenvalue weighted by Gasteiger charge is -2.30. The second-order valence-electron chi connectivity index (χ2n) is 9.93. The minimum atomic E-state index is -0.931. The Balaban J connectivity index is 5.28. The molecule has 12 nitrogen and oxygen atoms in total. The van der Waals surface area contributed by atoms with Gasteiger partial charge < -0.3 is 46.9 Å². The minimum Gasteiger partial charge on any atom is -0.462 e. The lowest BCUT2D eigenvalue weighted by atomic mass is 9.88. The Kier molecular flexibility index (Phi) is 21.8. The normalized spacial score (nSPS) is 13.7. The van der Waals surface area contributed by atoms with E-state index in [2.05, 4.69) is 21.3 Å². The molecule has 0 aromatic carbocycles. The van der Waals surface area contributed by atoms with Gasteiger partial charge in [-0.05, 0) is 53.5 Å². The van der Waals surface area contributed by atoms with Crippen molar-refractivity contribution in [3.05, 3.63) is 35.3 Å². The molecular weight excluding hydrogens is 528 g/mol. The number of hydrogen-bond acceptors (Lipinski definition) is 12. The highest BCUT2D eigenvalue weighted by atomic mass is 16.6. The standard InChI is InChI=1S/C29H54N6O6/c1-6-29(20-39-26(36)17-23(3)33-7-2,21-40-27(37)18-24(4)34-13-10-8-9-11-30)22-41-28(38)19-25(5)35-16-15-32-14-12-31/h17-19,32-35H,6-16,20-22,30-31H2,1-5H3/b23-17-,24-18-,25-19-. The first kappa shape index (κ1) is 37.9. The van der Waals surface area contributed by atoms with Crippen LogP contribution >= 0.6 is 0 Å². The third-order valence-electron chi connectivity index (χ3n) is 6.08. The maximum Gasteiger partial charge on any atom is 0.332 e. The lowest BCUT2D eigenvalue weighted by molar-refractivity contribution is -0.156. The first-order chi connectivity index (χ1) is 19.6. The Bertz CT molecular complexity index is 813. The van der Waals surface area contributed by atoms with Gasteiger partial charge in [-0.2, -0.15) is 0 Å². The summed E-state index contributed by atoms with van der Waals surface area (Å²) in [4.78, 5) is 37.4. The molecule has 0 heterocycles. The largest absolute Gasteiger partial charge is 0.462 e. The fourth-order valence-corrected chi connectivity index (χ4v) is 3.50. The van der Waals surface area contributed by atoms with Crippen molar-refractivity contribution in [3.63, 3.8) is 0 Å². The monoisotopic (exact) mass is 582 g/mol. The van der Waals surface area contributed by atoms with E-state index >= 15 is 0 Å². The van der Waals surface area contributed by atoms with Gasteiger partial charge in [0.05, 0.1) is 5.41 Å². The summed E-state index contributed by atoms with van der Waals surface area (Å²) in [6.45, 7) is 13.4. The van der Waals surface area contributed by atoms with Crippen LogP contribution in [0.3, 0.4) is 0 Å². The highest BCUT2D eigenvalue weighted by Crippen LogP contribution is 2.25. The smallest absolute Gasteiger partial charge is 0.332 e. The molecule has 0 aliphatic heterocycles. The summed E-state index contributed by atoms with van der Waals surface area (Å²) in [5, 5.41) is 12.5. The van der Waals surface area contributed by atoms with Gasteiger partial charge in [-0.3, -0.25) is 0 Å². The van der Waals surface area contributed by atoms with Crippen molar-refractivity contribution < 1.29 is 28.6 Å². The van der Waals surface area contributed by atoms with Crippen LogP contribution in [0.25, 0.3) is 0 Å². The van der Waals surface area contributed by atoms with E-state index in [0.717, 1.165) is 25.8 Å². The maximum atomic E-state index is 12.5. The van der Waals surface area contributed by atoms with E-state index < -0.39 is 23.3 Å². The highest BCUT2D eigenvalue weighted by molar-refractivity contribution is 5.83. The summed E-state index contributed by atoms with van der Waals surface area (Å²) >= 11 is 0. The minimum absolute atomic E-state index is 0.103. The second-order valence-corrected chi connectivity index (χ2v) is 9.93. The van der Waals surface area contributed by atoms with Crippen molar-refractivity contribution in [2.24, 2.45) is 16.9 Å². The molecule has 8 N–H and O–H groups in total. The third-order valence-corrected chi connectivity index (χ3v) is 6.08. The number of ether oxygens (including phenoxy) is 3. The molecule has 0 saturated carbocycles. The van der Waals surface area contributed by atoms with Crippen molar-refractivity contribution in [2.75, 3.05) is 65.6 Å². The average Bonchev–Trinajstić information content (AvgIpc) is 2.92. The molecule has 0 bridgehead atoms. The zero-order chi connectivity index (χ0) is 30.9. The van der Waals surface area contributed by atoms with Crippen molar-refractivity contribution in [2.45, 2.75) is 60.3 Å². The molecule has 12 heteroatoms. The van der Waals surface area contributed by atoms with Crippen LogP contribution in [0.5, 0.6) is 0 Å². The number of unbranched alkanes of at least 4 members (excludes halogenated alkanes) is 2. The SMILES string of the molecule is CCN/C(C)=C\C(=O)OCC(CC)(COC(=O)/C=C(/C)NCCCCCN)COC(=O)/C=C(/C)NCCNCCN. The Labute approximate surface area is 246 Å². The van der Waals surface area contributed by atoms with E-state index in [1.807, 2.05) is 13.8 Å². The number of hydrogen-bond donors (Lipinski definition) is 6. The molecule has 0 saturated heterocycles. The van der Waals surface area contributed by atoms with Crippen molar-refractivity contribution in [1.82, 2.24) is 21.3 Å². The van der Waals surface area contributed by atoms with Crippen LogP contribution in [-0.2, 0) is 28.6 Å². The predicted molar refractivity (Wildman–Crippen MR) is 161 cm³/mol. The number of carbonyl (C=O) groups is 3. The summed E-state index contributed by atoms with van der Waals surface area (Å²) in [7, 11) is 0. The van der Waals surface area contributed by atoms with E-state index in [1.54, 1.807) is 20.8 Å². The Hall–Kier alpha value is -3.09. The summed E-state index contributed by atoms with van der Waals surface area (Å²) in [5.74, 6) is -1.65. The molecule has 0 aromatic rings. The molecule has 0 spiro atoms. The molecule has 0 amide bonds. The lowest BCUT2D eigenvalue weighted by Crippen LogP contribution is -2.39. The zero-order valence-corrected chi connectivity index (χ0v) is 25.7. The molecule has 236 valence electrons. The molecule has 1 unspecified atom stereocenters. The van der Waals surface area contributed by atoms with E-state index in [0.29, 0.717) is 62.8 Å². The summed E-state index contributed by atoms with van der Waals surface area (Å²) in [5.41, 5.74) is 12.0. The Morgan fingerprint density at radius 1 is 0.634 bits per heavy atom. The van der Waals surface area contributed by atoms with Crippen LogP contribution < -0.4 is 32.7 Å². The summed E-state index contributed by atoms with van der Waals surface area (Å²) in [6.07, 6.45) is 7.43. The van der Waals surface area contributed by atoms with Crippen molar-refractivity contribution in [3.8, 4) is 0 Å². The fraction of sp³-hybridized carbons (Fsp3) is 0.690. The summed E-state index contributed by atoms with van der Waals surface area (Å²) < 4.78 is 16.6. The molecular formula is C29H54N6O6. The van der Waals surface area contributed by atoms with Crippen LogP contribution in [0.4, 0.5) is 0 Å². The van der Waals surface area contributed by atoms with Gasteiger partial charge in [0.2, 0.25) is 0 Å². The molecule has 0 aromatic heterocycles. The molecule has 0 radical (unpaired) electrons. The van der Waals surface area contributed by atoms with E-state index in [4.69, 9.17) is 25.7 Å². The van der Waals surface area contributed by atoms with Crippen LogP contribution in [0.2, 0.25) is 0 Å². The zero-order valence-electron chi connectivity index (χ0n) is 25.7. The first-order valence-corrected chi connectivity index (χ1v) is 14.5. The topological polar surface area (TPSA) is 179 Å². The Morgan fingerprint density at radius 2 is 1.12 bits per heavy atom. The third kappa shape index (κ3) is 20.4. The van der Waals surface area contributed by atoms with Gasteiger partial charge in [-0.1, -0.05) is 13.3 Å². The quantitative estimate of drug-likeness (QED) is 0.0415. The molecule has 0 aliphatic carbocycles. The van der Waals surface area contributed by atoms with Crippen LogP contribution in [-0.4, -0.2) is 83.5 Å². The van der Waals surface area contributed by atoms with Gasteiger partial charge in [0.25, 0.3) is 0 Å². The fourth-order valence-electron chi connectivity index (χ4n) is 3.50. The van der Waals surface area contributed by atoms with Crippen molar-refractivity contribution in [1.29, 1.82) is 0 Å². The maximum absolute atomic E-state index is 12.5. The molecule has 1 atom stereocenters. The molecule has 0 aliphatic rings. The van der Waals surface area contributed by atoms with Crippen molar-refractivity contribution >= 4 is 17.9 Å². The molecule has 41 heavy (non-hydrogen) atoms. The van der Waals surface area contributed by atoms with Crippen LogP contribution in [0.15, 0.2) is 35.3 Å². The number of nitrogens with one attached hydrogen (secondary N) is 4. The number of allylic oxidation sites excluding steroid dienone is 3. The number of rotatable bonds is 24. The van der Waals surface area contributed by atoms with Gasteiger partial charge in [0.1, 0.15) is 19.8 Å². The van der Waals surface area contributed by atoms with Gasteiger partial charge in [-0.25, -0.2) is 14.4 Å². The van der Waals surface area contributed by atoms with Gasteiger partial charge in [0.15, 0.2) is 0 Å². The summed E-state index contributed by atoms with van der Waals surface area (Å²) in [6, 6.07) is 0. The van der Waals surface area contributed by atoms with Gasteiger partial charge >= 0.3 is 17.9 Å². The highest BCUT2D eigenvalue weighted by Gasteiger charge is 2.34. The van der Waals surface area contributed by atoms with Crippen LogP contribution in [0.1, 0.15) is 60.3 Å². The Morgan fingerprint density at radius 3 is 1.56 bits per heavy atom. The molecule has 0 fully saturated rings. The number of carbonyl (C=O) groups excluding carboxylic acids is 3. The van der Waals surface area contributed by atoms with Gasteiger partial charge in [0, 0.05) is 74.6 Å². The van der Waals surface area contributed by atoms with Crippen LogP contribution in [0, 0.1) is 5.41 Å². The van der Waals surface area contributed by atoms with Gasteiger partial charge in [-0.15, -0.1) is 0 Å². The molecule has 0 rings (SSSR count). The number of esters is 3. The van der Waals surface area contributed by atoms with E-state index in [-0.39, 0.29) is 19.8 Å². The second kappa shape index (κ2) is 23.6. The van der Waals surface area contributed by atoms with E-state index in [1.165, 1.54) is 18.2 Å². The predicted octanol–water partition coefficient (Wildman–Crippen LogP) is 1.19. The number of nitrogens with two attached hydrogens (primary N) is 2. The first-order valence-electron chi connectivity index (χ1n) is 14.5.